The maximum absolute atomic E-state index is 6.39. The summed E-state index contributed by atoms with van der Waals surface area (Å²) in [6.07, 6.45) is 0. The highest BCUT2D eigenvalue weighted by Gasteiger charge is 2.51. The van der Waals surface area contributed by atoms with Crippen LogP contribution in [0.4, 0.5) is 34.1 Å². The van der Waals surface area contributed by atoms with Gasteiger partial charge in [-0.15, -0.1) is 0 Å². The number of fused-ring (bicyclic) bond motifs is 12. The predicted octanol–water partition coefficient (Wildman–Crippen LogP) is 31.9. The average Bonchev–Trinajstić information content (AvgIpc) is 1.57. The Morgan fingerprint density at radius 1 is 0.259 bits per heavy atom. The molecule has 562 valence electrons. The van der Waals surface area contributed by atoms with Gasteiger partial charge < -0.3 is 36.8 Å². The summed E-state index contributed by atoms with van der Waals surface area (Å²) in [7, 11) is -0.432. The van der Waals surface area contributed by atoms with Crippen molar-refractivity contribution in [3.05, 3.63) is 373 Å². The van der Waals surface area contributed by atoms with Gasteiger partial charge in [-0.3, -0.25) is 0 Å². The van der Waals surface area contributed by atoms with E-state index in [-0.39, 0.29) is 0 Å². The molecule has 0 aliphatic carbocycles. The van der Waals surface area contributed by atoms with E-state index in [1.54, 1.807) is 0 Å². The molecule has 0 unspecified atom stereocenters. The Balaban J connectivity index is 0.000000140. The van der Waals surface area contributed by atoms with Crippen LogP contribution < -0.4 is 15.3 Å². The van der Waals surface area contributed by atoms with E-state index in [2.05, 4.69) is 409 Å². The Bertz CT molecular complexity index is 6770. The van der Waals surface area contributed by atoms with E-state index >= 15 is 0 Å². The van der Waals surface area contributed by atoms with Crippen molar-refractivity contribution in [2.45, 2.75) is 38.9 Å². The molecule has 20 aromatic rings. The molecule has 116 heavy (non-hydrogen) atoms. The van der Waals surface area contributed by atoms with Crippen LogP contribution in [0.15, 0.2) is 387 Å². The van der Waals surface area contributed by atoms with Gasteiger partial charge in [0.15, 0.2) is 0 Å². The summed E-state index contributed by atoms with van der Waals surface area (Å²) >= 11 is 16.4. The number of hydrogen-bond donors (Lipinski definition) is 0. The zero-order chi connectivity index (χ0) is 78.9. The molecule has 8 nitrogen and oxygen atoms in total. The van der Waals surface area contributed by atoms with Gasteiger partial charge in [-0.05, 0) is 239 Å². The minimum absolute atomic E-state index is 0.411. The second-order valence-corrected chi connectivity index (χ2v) is 34.6. The van der Waals surface area contributed by atoms with Gasteiger partial charge in [0.25, 0.3) is 0 Å². The number of halogens is 5. The first-order valence-electron chi connectivity index (χ1n) is 38.3. The highest BCUT2D eigenvalue weighted by molar-refractivity contribution is 14.1. The first-order valence-corrected chi connectivity index (χ1v) is 42.5. The molecule has 14 heteroatoms. The van der Waals surface area contributed by atoms with Crippen molar-refractivity contribution in [1.29, 1.82) is 0 Å². The van der Waals surface area contributed by atoms with Gasteiger partial charge in [0.1, 0.15) is 44.7 Å². The third kappa shape index (κ3) is 14.3. The fraction of sp³-hybridized carbons (Fsp3) is 0.0588. The maximum atomic E-state index is 6.39. The Labute approximate surface area is 718 Å². The van der Waals surface area contributed by atoms with E-state index in [0.717, 1.165) is 201 Å². The quantitative estimate of drug-likeness (QED) is 0.0680. The summed E-state index contributed by atoms with van der Waals surface area (Å²) < 4.78 is 43.9. The van der Waals surface area contributed by atoms with E-state index in [4.69, 9.17) is 27.0 Å². The van der Waals surface area contributed by atoms with Crippen molar-refractivity contribution >= 4 is 221 Å². The predicted molar refractivity (Wildman–Crippen MR) is 504 cm³/mol. The van der Waals surface area contributed by atoms with Crippen LogP contribution in [0, 0.1) is 3.57 Å². The lowest BCUT2D eigenvalue weighted by molar-refractivity contribution is 0.00578. The number of benzene rings is 16. The Kier molecular flexibility index (Phi) is 20.2. The molecule has 0 saturated carbocycles. The fourth-order valence-corrected chi connectivity index (χ4v) is 18.1. The first-order chi connectivity index (χ1) is 56.5. The number of nitrogens with zero attached hydrogens (tertiary/aromatic N) is 2. The normalized spacial score (nSPS) is 13.1. The standard InChI is InChI=1S/C48H38BNO4.C48H29Br2NO2.C6H3Br2I/c1-47(2)48(3,4)54-49(53-47)33-23-29-36(30-24-33)50(34-25-19-31(20-26-34)37-13-9-15-41-39-11-5-7-17-43(39)51-45(37)41)35-27-21-32(22-28-35)38-14-10-16-42-40-12-6-8-18-44(40)52-46(38)42;49-33-21-28-44(50)43(29-33)32-19-26-36(27-20-32)51(34-22-15-30(16-23-34)37-9-5-11-41-39-7-1-3-13-45(39)52-47(37)41)35-24-17-31(18-25-35)38-10-6-12-42-40-8-2-4-14-46(40)53-48(38)42;7-4-1-2-5(8)6(9)3-4/h5-30H,1-4H3;1-29H;1-3H. The molecular weight excluding hydrogens is 1810 g/mol. The number of furan rings is 4. The summed E-state index contributed by atoms with van der Waals surface area (Å²) in [4.78, 5) is 4.59. The molecule has 16 aromatic carbocycles. The molecule has 4 aromatic heterocycles. The molecule has 0 amide bonds. The van der Waals surface area contributed by atoms with Crippen molar-refractivity contribution < 1.29 is 27.0 Å². The maximum Gasteiger partial charge on any atom is 0.494 e. The lowest BCUT2D eigenvalue weighted by Gasteiger charge is -2.32. The highest BCUT2D eigenvalue weighted by Crippen LogP contribution is 2.46. The van der Waals surface area contributed by atoms with Crippen LogP contribution in [0.25, 0.3) is 143 Å². The van der Waals surface area contributed by atoms with Crippen molar-refractivity contribution in [2.24, 2.45) is 0 Å². The minimum Gasteiger partial charge on any atom is -0.455 e. The Morgan fingerprint density at radius 2 is 0.517 bits per heavy atom. The zero-order valence-corrected chi connectivity index (χ0v) is 71.8. The first kappa shape index (κ1) is 75.0. The molecule has 0 atom stereocenters. The molecule has 1 aliphatic heterocycles. The molecule has 0 spiro atoms. The van der Waals surface area contributed by atoms with E-state index in [0.29, 0.717) is 0 Å². The fourth-order valence-electron chi connectivity index (χ4n) is 15.7. The molecule has 1 fully saturated rings. The SMILES string of the molecule is Brc1ccc(Br)c(-c2ccc(N(c3ccc(-c4cccc5c4oc4ccccc45)cc3)c3ccc(-c4cccc5c4oc4ccccc45)cc3)cc2)c1.Brc1ccc(Br)c(I)c1.CC1(C)OB(c2ccc(N(c3ccc(-c4cccc5c4oc4ccccc45)cc3)c3ccc(-c4cccc5c4oc4ccccc45)cc3)cc2)OC1(C)C. The zero-order valence-electron chi connectivity index (χ0n) is 63.3. The highest BCUT2D eigenvalue weighted by atomic mass is 127. The summed E-state index contributed by atoms with van der Waals surface area (Å²) in [6.45, 7) is 8.33. The summed E-state index contributed by atoms with van der Waals surface area (Å²) in [5.41, 5.74) is 24.5. The average molecular weight is 1880 g/mol. The smallest absolute Gasteiger partial charge is 0.455 e. The van der Waals surface area contributed by atoms with Gasteiger partial charge in [-0.25, -0.2) is 0 Å². The third-order valence-electron chi connectivity index (χ3n) is 22.3. The lowest BCUT2D eigenvalue weighted by Crippen LogP contribution is -2.41. The number of rotatable bonds is 12. The van der Waals surface area contributed by atoms with Crippen LogP contribution in [0.5, 0.6) is 0 Å². The van der Waals surface area contributed by atoms with Crippen LogP contribution in [-0.4, -0.2) is 18.3 Å². The minimum atomic E-state index is -0.432. The number of anilines is 6. The topological polar surface area (TPSA) is 77.5 Å². The van der Waals surface area contributed by atoms with Crippen molar-refractivity contribution in [3.8, 4) is 55.6 Å². The van der Waals surface area contributed by atoms with E-state index in [1.807, 2.05) is 66.7 Å². The van der Waals surface area contributed by atoms with E-state index in [1.165, 1.54) is 3.57 Å². The van der Waals surface area contributed by atoms with E-state index < -0.39 is 18.3 Å². The van der Waals surface area contributed by atoms with Gasteiger partial charge >= 0.3 is 7.12 Å². The lowest BCUT2D eigenvalue weighted by atomic mass is 9.79. The molecule has 0 bridgehead atoms. The monoisotopic (exact) mass is 1870 g/mol. The largest absolute Gasteiger partial charge is 0.494 e. The van der Waals surface area contributed by atoms with Crippen LogP contribution in [-0.2, 0) is 9.31 Å². The second-order valence-electron chi connectivity index (χ2n) is 29.9. The van der Waals surface area contributed by atoms with Crippen LogP contribution in [0.2, 0.25) is 0 Å². The summed E-state index contributed by atoms with van der Waals surface area (Å²) in [5.74, 6) is 0. The van der Waals surface area contributed by atoms with Gasteiger partial charge in [-0.2, -0.15) is 0 Å². The summed E-state index contributed by atoms with van der Waals surface area (Å²) in [6, 6.07) is 123. The Morgan fingerprint density at radius 3 is 0.810 bits per heavy atom. The molecule has 0 radical (unpaired) electrons. The molecule has 5 heterocycles. The molecule has 1 aliphatic rings. The van der Waals surface area contributed by atoms with Gasteiger partial charge in [-0.1, -0.05) is 266 Å². The van der Waals surface area contributed by atoms with Crippen molar-refractivity contribution in [3.63, 3.8) is 0 Å². The van der Waals surface area contributed by atoms with Gasteiger partial charge in [0.05, 0.1) is 11.2 Å². The van der Waals surface area contributed by atoms with Crippen LogP contribution >= 0.6 is 86.3 Å². The second kappa shape index (κ2) is 31.2. The number of hydrogen-bond acceptors (Lipinski definition) is 8. The molecule has 0 N–H and O–H groups in total. The van der Waals surface area contributed by atoms with Crippen molar-refractivity contribution in [1.82, 2.24) is 0 Å². The summed E-state index contributed by atoms with van der Waals surface area (Å²) in [5, 5.41) is 9.00. The molecular formula is C102H70BBr4IN2O6. The number of para-hydroxylation sites is 8. The Hall–Kier alpha value is -11.0. The van der Waals surface area contributed by atoms with E-state index in [9.17, 15) is 0 Å². The molecule has 1 saturated heterocycles. The van der Waals surface area contributed by atoms with Gasteiger partial charge in [0, 0.05) is 121 Å². The van der Waals surface area contributed by atoms with Crippen LogP contribution in [0.3, 0.4) is 0 Å². The van der Waals surface area contributed by atoms with Gasteiger partial charge in [0.2, 0.25) is 0 Å². The molecule has 21 rings (SSSR count). The third-order valence-corrected chi connectivity index (χ3v) is 26.3. The van der Waals surface area contributed by atoms with Crippen molar-refractivity contribution in [2.75, 3.05) is 9.80 Å². The van der Waals surface area contributed by atoms with Crippen LogP contribution in [0.1, 0.15) is 27.7 Å².